The maximum absolute atomic E-state index is 12.9. The largest absolute Gasteiger partial charge is 0.381 e. The van der Waals surface area contributed by atoms with Gasteiger partial charge in [0.25, 0.3) is 5.91 Å². The van der Waals surface area contributed by atoms with E-state index in [-0.39, 0.29) is 5.91 Å². The molecule has 0 unspecified atom stereocenters. The van der Waals surface area contributed by atoms with Gasteiger partial charge in [-0.15, -0.1) is 0 Å². The Balaban J connectivity index is 1.47. The van der Waals surface area contributed by atoms with Crippen molar-refractivity contribution in [2.75, 3.05) is 30.4 Å². The summed E-state index contributed by atoms with van der Waals surface area (Å²) >= 11 is 5.96. The van der Waals surface area contributed by atoms with E-state index in [1.54, 1.807) is 36.3 Å². The van der Waals surface area contributed by atoms with Crippen molar-refractivity contribution in [3.8, 4) is 5.69 Å². The van der Waals surface area contributed by atoms with Crippen molar-refractivity contribution in [2.24, 2.45) is 0 Å². The number of rotatable bonds is 5. The number of amides is 1. The van der Waals surface area contributed by atoms with Gasteiger partial charge in [0.2, 0.25) is 0 Å². The first kappa shape index (κ1) is 21.3. The number of aryl methyl sites for hydroxylation is 1. The zero-order chi connectivity index (χ0) is 22.0. The molecule has 1 amide bonds. The molecular formula is C23H26ClN5O2. The Morgan fingerprint density at radius 3 is 2.52 bits per heavy atom. The molecule has 2 aromatic heterocycles. The summed E-state index contributed by atoms with van der Waals surface area (Å²) < 4.78 is 7.17. The Labute approximate surface area is 187 Å². The maximum Gasteiger partial charge on any atom is 0.259 e. The standard InChI is InChI=1S/C23H26ClN5O2/c1-15-12-18(13-25-22(15)28-10-8-20(31-3)9-11-28)27-23(30)21-14-26-29(16(21)2)19-6-4-17(24)5-7-19/h4-7,12-14,20H,8-11H2,1-3H3,(H,27,30). The summed E-state index contributed by atoms with van der Waals surface area (Å²) in [7, 11) is 1.77. The number of nitrogens with one attached hydrogen (secondary N) is 1. The van der Waals surface area contributed by atoms with E-state index in [2.05, 4.69) is 20.3 Å². The summed E-state index contributed by atoms with van der Waals surface area (Å²) in [5, 5.41) is 7.96. The van der Waals surface area contributed by atoms with E-state index < -0.39 is 0 Å². The van der Waals surface area contributed by atoms with Gasteiger partial charge in [0.05, 0.1) is 41.1 Å². The lowest BCUT2D eigenvalue weighted by Crippen LogP contribution is -2.37. The van der Waals surface area contributed by atoms with Crippen LogP contribution in [0.4, 0.5) is 11.5 Å². The van der Waals surface area contributed by atoms with E-state index in [1.807, 2.05) is 32.0 Å². The lowest BCUT2D eigenvalue weighted by Gasteiger charge is -2.33. The molecule has 4 rings (SSSR count). The second-order valence-electron chi connectivity index (χ2n) is 7.77. The summed E-state index contributed by atoms with van der Waals surface area (Å²) in [6, 6.07) is 9.29. The third-order valence-corrected chi connectivity index (χ3v) is 5.96. The van der Waals surface area contributed by atoms with Crippen molar-refractivity contribution in [1.29, 1.82) is 0 Å². The normalized spacial score (nSPS) is 14.6. The molecule has 162 valence electrons. The predicted octanol–water partition coefficient (Wildman–Crippen LogP) is 4.41. The number of ether oxygens (including phenoxy) is 1. The van der Waals surface area contributed by atoms with Crippen LogP contribution >= 0.6 is 11.6 Å². The van der Waals surface area contributed by atoms with Crippen LogP contribution in [0.5, 0.6) is 0 Å². The second kappa shape index (κ2) is 9.08. The highest BCUT2D eigenvalue weighted by Crippen LogP contribution is 2.25. The minimum Gasteiger partial charge on any atom is -0.381 e. The van der Waals surface area contributed by atoms with Gasteiger partial charge < -0.3 is 15.0 Å². The molecule has 1 aliphatic heterocycles. The zero-order valence-corrected chi connectivity index (χ0v) is 18.7. The van der Waals surface area contributed by atoms with Crippen LogP contribution in [0.15, 0.2) is 42.7 Å². The van der Waals surface area contributed by atoms with Crippen LogP contribution in [-0.4, -0.2) is 47.0 Å². The smallest absolute Gasteiger partial charge is 0.259 e. The van der Waals surface area contributed by atoms with Crippen molar-refractivity contribution in [1.82, 2.24) is 14.8 Å². The molecule has 8 heteroatoms. The highest BCUT2D eigenvalue weighted by Gasteiger charge is 2.21. The number of piperidine rings is 1. The lowest BCUT2D eigenvalue weighted by atomic mass is 10.1. The molecule has 1 fully saturated rings. The SMILES string of the molecule is COC1CCN(c2ncc(NC(=O)c3cnn(-c4ccc(Cl)cc4)c3C)cc2C)CC1. The predicted molar refractivity (Wildman–Crippen MR) is 122 cm³/mol. The summed E-state index contributed by atoms with van der Waals surface area (Å²) in [6.45, 7) is 5.72. The number of carbonyl (C=O) groups excluding carboxylic acids is 1. The molecule has 7 nitrogen and oxygen atoms in total. The third-order valence-electron chi connectivity index (χ3n) is 5.71. The van der Waals surface area contributed by atoms with Gasteiger partial charge in [0.1, 0.15) is 5.82 Å². The van der Waals surface area contributed by atoms with Crippen LogP contribution in [-0.2, 0) is 4.74 Å². The van der Waals surface area contributed by atoms with Crippen molar-refractivity contribution < 1.29 is 9.53 Å². The highest BCUT2D eigenvalue weighted by molar-refractivity contribution is 6.30. The molecule has 0 atom stereocenters. The summed E-state index contributed by atoms with van der Waals surface area (Å²) in [4.78, 5) is 19.8. The fourth-order valence-corrected chi connectivity index (χ4v) is 4.07. The summed E-state index contributed by atoms with van der Waals surface area (Å²) in [5.74, 6) is 0.742. The number of methoxy groups -OCH3 is 1. The van der Waals surface area contributed by atoms with Crippen LogP contribution in [0.3, 0.4) is 0 Å². The number of carbonyl (C=O) groups is 1. The topological polar surface area (TPSA) is 72.3 Å². The molecule has 1 aromatic carbocycles. The summed E-state index contributed by atoms with van der Waals surface area (Å²) in [5.41, 5.74) is 3.81. The monoisotopic (exact) mass is 439 g/mol. The number of pyridine rings is 1. The van der Waals surface area contributed by atoms with Crippen LogP contribution in [0, 0.1) is 13.8 Å². The molecular weight excluding hydrogens is 414 g/mol. The van der Waals surface area contributed by atoms with Gasteiger partial charge in [0.15, 0.2) is 0 Å². The highest BCUT2D eigenvalue weighted by atomic mass is 35.5. The van der Waals surface area contributed by atoms with Gasteiger partial charge in [0, 0.05) is 25.2 Å². The average Bonchev–Trinajstić information content (AvgIpc) is 3.16. The maximum atomic E-state index is 12.9. The molecule has 1 aliphatic rings. The minimum atomic E-state index is -0.215. The average molecular weight is 440 g/mol. The van der Waals surface area contributed by atoms with Gasteiger partial charge in [-0.05, 0) is 62.6 Å². The molecule has 31 heavy (non-hydrogen) atoms. The summed E-state index contributed by atoms with van der Waals surface area (Å²) in [6.07, 6.45) is 5.60. The number of benzene rings is 1. The fraction of sp³-hybridized carbons (Fsp3) is 0.348. The van der Waals surface area contributed by atoms with E-state index in [0.717, 1.165) is 48.7 Å². The van der Waals surface area contributed by atoms with Gasteiger partial charge in [-0.1, -0.05) is 11.6 Å². The Morgan fingerprint density at radius 2 is 1.87 bits per heavy atom. The number of anilines is 2. The minimum absolute atomic E-state index is 0.215. The molecule has 0 spiro atoms. The molecule has 3 aromatic rings. The quantitative estimate of drug-likeness (QED) is 0.637. The van der Waals surface area contributed by atoms with Crippen LogP contribution in [0.25, 0.3) is 5.69 Å². The van der Waals surface area contributed by atoms with Gasteiger partial charge in [-0.3, -0.25) is 4.79 Å². The van der Waals surface area contributed by atoms with Crippen LogP contribution in [0.1, 0.15) is 34.5 Å². The molecule has 0 radical (unpaired) electrons. The first-order valence-corrected chi connectivity index (χ1v) is 10.7. The molecule has 1 saturated heterocycles. The molecule has 3 heterocycles. The van der Waals surface area contributed by atoms with E-state index in [1.165, 1.54) is 0 Å². The number of nitrogens with zero attached hydrogens (tertiary/aromatic N) is 4. The molecule has 0 bridgehead atoms. The van der Waals surface area contributed by atoms with Crippen LogP contribution in [0.2, 0.25) is 5.02 Å². The van der Waals surface area contributed by atoms with Gasteiger partial charge in [-0.2, -0.15) is 5.10 Å². The lowest BCUT2D eigenvalue weighted by molar-refractivity contribution is 0.0817. The first-order chi connectivity index (χ1) is 15.0. The van der Waals surface area contributed by atoms with Crippen molar-refractivity contribution in [2.45, 2.75) is 32.8 Å². The zero-order valence-electron chi connectivity index (χ0n) is 17.9. The van der Waals surface area contributed by atoms with Gasteiger partial charge in [-0.25, -0.2) is 9.67 Å². The number of hydrogen-bond donors (Lipinski definition) is 1. The Morgan fingerprint density at radius 1 is 1.16 bits per heavy atom. The number of halogens is 1. The van der Waals surface area contributed by atoms with Crippen molar-refractivity contribution in [3.05, 3.63) is 64.6 Å². The molecule has 1 N–H and O–H groups in total. The Bertz CT molecular complexity index is 1070. The van der Waals surface area contributed by atoms with E-state index in [9.17, 15) is 4.79 Å². The third kappa shape index (κ3) is 4.57. The fourth-order valence-electron chi connectivity index (χ4n) is 3.94. The van der Waals surface area contributed by atoms with Crippen molar-refractivity contribution in [3.63, 3.8) is 0 Å². The Kier molecular flexibility index (Phi) is 6.25. The number of aromatic nitrogens is 3. The molecule has 0 saturated carbocycles. The van der Waals surface area contributed by atoms with E-state index in [0.29, 0.717) is 22.4 Å². The Hall–Kier alpha value is -2.90. The molecule has 0 aliphatic carbocycles. The van der Waals surface area contributed by atoms with E-state index in [4.69, 9.17) is 16.3 Å². The van der Waals surface area contributed by atoms with E-state index >= 15 is 0 Å². The van der Waals surface area contributed by atoms with Crippen LogP contribution < -0.4 is 10.2 Å². The van der Waals surface area contributed by atoms with Gasteiger partial charge >= 0.3 is 0 Å². The second-order valence-corrected chi connectivity index (χ2v) is 8.21. The van der Waals surface area contributed by atoms with Crippen molar-refractivity contribution >= 4 is 29.0 Å². The number of hydrogen-bond acceptors (Lipinski definition) is 5. The first-order valence-electron chi connectivity index (χ1n) is 10.3.